The molecule has 330 valence electrons. The Bertz CT molecular complexity index is 1170. The predicted octanol–water partition coefficient (Wildman–Crippen LogP) is 10.4. The molecule has 12 nitrogen and oxygen atoms in total. The van der Waals surface area contributed by atoms with Crippen LogP contribution in [0.25, 0.3) is 0 Å². The number of hydrogen-bond acceptors (Lipinski definition) is 10. The highest BCUT2D eigenvalue weighted by Crippen LogP contribution is 2.43. The number of phosphoric acid groups is 1. The van der Waals surface area contributed by atoms with E-state index in [2.05, 4.69) is 47.9 Å². The number of allylic oxidation sites excluding steroid dienone is 8. The quantitative estimate of drug-likeness (QED) is 0.0198. The molecule has 0 aromatic rings. The molecule has 0 aromatic heterocycles. The standard InChI is InChI=1S/C44H78NO11P/c1-3-5-6-7-8-9-10-11-12-16-19-22-25-28-31-34-42(47)53-36-40(37-54-57(51,52)55-38-41(45)44(49)50)56-43(48)35-32-29-26-23-20-17-14-13-15-18-21-24-27-30-33-39(46)4-2/h14-15,17-18,23-24,26-27,39-41,46H,3-13,16,19-22,25,28-38,45H2,1-2H3,(H,49,50)(H,51,52)/b17-14-,18-15-,26-23-,27-24-/t39-,40-,41+/m1/s1. The van der Waals surface area contributed by atoms with Gasteiger partial charge in [-0.25, -0.2) is 4.57 Å². The average Bonchev–Trinajstić information content (AvgIpc) is 3.19. The van der Waals surface area contributed by atoms with Gasteiger partial charge in [0.25, 0.3) is 0 Å². The number of unbranched alkanes of at least 4 members (excludes halogenated alkanes) is 15. The lowest BCUT2D eigenvalue weighted by molar-refractivity contribution is -0.161. The second-order valence-electron chi connectivity index (χ2n) is 14.6. The molecule has 0 heterocycles. The molecule has 0 saturated heterocycles. The molecule has 0 aliphatic rings. The highest BCUT2D eigenvalue weighted by atomic mass is 31.2. The number of ether oxygens (including phenoxy) is 2. The molecule has 1 unspecified atom stereocenters. The van der Waals surface area contributed by atoms with E-state index in [0.717, 1.165) is 57.8 Å². The Hall–Kier alpha value is -2.60. The van der Waals surface area contributed by atoms with Gasteiger partial charge < -0.3 is 30.3 Å². The molecule has 0 aliphatic carbocycles. The lowest BCUT2D eigenvalue weighted by Crippen LogP contribution is -2.34. The molecule has 0 rings (SSSR count). The molecule has 0 saturated carbocycles. The predicted molar refractivity (Wildman–Crippen MR) is 228 cm³/mol. The molecule has 13 heteroatoms. The van der Waals surface area contributed by atoms with Crippen LogP contribution in [0.3, 0.4) is 0 Å². The molecule has 0 spiro atoms. The van der Waals surface area contributed by atoms with Crippen LogP contribution in [0.1, 0.15) is 174 Å². The van der Waals surface area contributed by atoms with Crippen LogP contribution >= 0.6 is 7.82 Å². The Labute approximate surface area is 344 Å². The number of carbonyl (C=O) groups is 3. The van der Waals surface area contributed by atoms with Crippen molar-refractivity contribution in [3.63, 3.8) is 0 Å². The molecular formula is C44H78NO11P. The van der Waals surface area contributed by atoms with Crippen LogP contribution in [0.5, 0.6) is 0 Å². The van der Waals surface area contributed by atoms with Crippen LogP contribution in [0.15, 0.2) is 48.6 Å². The Morgan fingerprint density at radius 3 is 1.58 bits per heavy atom. The minimum atomic E-state index is -4.74. The summed E-state index contributed by atoms with van der Waals surface area (Å²) in [5, 5.41) is 18.4. The summed E-state index contributed by atoms with van der Waals surface area (Å²) in [5.41, 5.74) is 5.32. The van der Waals surface area contributed by atoms with Crippen LogP contribution in [-0.4, -0.2) is 71.1 Å². The largest absolute Gasteiger partial charge is 0.480 e. The Morgan fingerprint density at radius 1 is 0.614 bits per heavy atom. The Morgan fingerprint density at radius 2 is 1.07 bits per heavy atom. The van der Waals surface area contributed by atoms with Crippen molar-refractivity contribution in [3.8, 4) is 0 Å². The van der Waals surface area contributed by atoms with E-state index in [4.69, 9.17) is 24.8 Å². The highest BCUT2D eigenvalue weighted by Gasteiger charge is 2.28. The number of carbonyl (C=O) groups excluding carboxylic acids is 2. The number of nitrogens with two attached hydrogens (primary N) is 1. The fourth-order valence-electron chi connectivity index (χ4n) is 5.63. The van der Waals surface area contributed by atoms with Gasteiger partial charge in [0.15, 0.2) is 6.10 Å². The van der Waals surface area contributed by atoms with Crippen LogP contribution in [0, 0.1) is 0 Å². The van der Waals surface area contributed by atoms with Crippen molar-refractivity contribution in [2.45, 2.75) is 193 Å². The zero-order valence-electron chi connectivity index (χ0n) is 35.3. The van der Waals surface area contributed by atoms with Gasteiger partial charge in [-0.2, -0.15) is 0 Å². The normalized spacial score (nSPS) is 14.8. The fraction of sp³-hybridized carbons (Fsp3) is 0.750. The third kappa shape index (κ3) is 38.7. The zero-order chi connectivity index (χ0) is 42.2. The Kier molecular flexibility index (Phi) is 37.1. The van der Waals surface area contributed by atoms with Crippen molar-refractivity contribution in [2.24, 2.45) is 5.73 Å². The number of aliphatic carboxylic acids is 1. The maximum Gasteiger partial charge on any atom is 0.472 e. The van der Waals surface area contributed by atoms with Crippen molar-refractivity contribution in [1.82, 2.24) is 0 Å². The first-order valence-corrected chi connectivity index (χ1v) is 23.2. The first-order chi connectivity index (χ1) is 27.5. The van der Waals surface area contributed by atoms with Crippen molar-refractivity contribution in [2.75, 3.05) is 19.8 Å². The molecule has 5 N–H and O–H groups in total. The molecule has 4 atom stereocenters. The highest BCUT2D eigenvalue weighted by molar-refractivity contribution is 7.47. The summed E-state index contributed by atoms with van der Waals surface area (Å²) >= 11 is 0. The lowest BCUT2D eigenvalue weighted by atomic mass is 10.0. The van der Waals surface area contributed by atoms with Gasteiger partial charge >= 0.3 is 25.7 Å². The molecule has 0 aliphatic heterocycles. The molecule has 0 amide bonds. The molecule has 0 aromatic carbocycles. The van der Waals surface area contributed by atoms with Gasteiger partial charge in [-0.05, 0) is 57.8 Å². The van der Waals surface area contributed by atoms with E-state index in [-0.39, 0.29) is 25.6 Å². The Balaban J connectivity index is 4.47. The van der Waals surface area contributed by atoms with Crippen LogP contribution in [0.4, 0.5) is 0 Å². The van der Waals surface area contributed by atoms with Crippen molar-refractivity contribution < 1.29 is 52.6 Å². The van der Waals surface area contributed by atoms with Gasteiger partial charge in [0.2, 0.25) is 0 Å². The van der Waals surface area contributed by atoms with E-state index in [1.165, 1.54) is 70.6 Å². The van der Waals surface area contributed by atoms with Gasteiger partial charge in [0, 0.05) is 12.8 Å². The van der Waals surface area contributed by atoms with Crippen LogP contribution in [-0.2, 0) is 37.5 Å². The summed E-state index contributed by atoms with van der Waals surface area (Å²) in [6, 6.07) is -1.54. The van der Waals surface area contributed by atoms with Gasteiger partial charge in [-0.3, -0.25) is 23.4 Å². The van der Waals surface area contributed by atoms with E-state index < -0.39 is 51.1 Å². The van der Waals surface area contributed by atoms with Gasteiger partial charge in [-0.15, -0.1) is 0 Å². The second kappa shape index (κ2) is 38.9. The summed E-state index contributed by atoms with van der Waals surface area (Å²) in [6.45, 7) is 2.46. The SMILES string of the molecule is CCCCCCCCCCCCCCCCCC(=O)OC[C@H](COP(=O)(O)OC[C@H](N)C(=O)O)OC(=O)CCC/C=C\C/C=C\C/C=C\C/C=C\CC[C@H](O)CC. The molecular weight excluding hydrogens is 749 g/mol. The molecule has 0 radical (unpaired) electrons. The van der Waals surface area contributed by atoms with Gasteiger partial charge in [-0.1, -0.05) is 152 Å². The summed E-state index contributed by atoms with van der Waals surface area (Å²) in [5.74, 6) is -2.47. The van der Waals surface area contributed by atoms with E-state index in [9.17, 15) is 28.9 Å². The first kappa shape index (κ1) is 54.4. The van der Waals surface area contributed by atoms with Crippen molar-refractivity contribution in [3.05, 3.63) is 48.6 Å². The van der Waals surface area contributed by atoms with Crippen molar-refractivity contribution >= 4 is 25.7 Å². The number of carboxylic acids is 1. The number of hydrogen-bond donors (Lipinski definition) is 4. The molecule has 0 fully saturated rings. The fourth-order valence-corrected chi connectivity index (χ4v) is 6.40. The van der Waals surface area contributed by atoms with Gasteiger partial charge in [0.05, 0.1) is 19.3 Å². The molecule has 0 bridgehead atoms. The number of aliphatic hydroxyl groups excluding tert-OH is 1. The molecule has 57 heavy (non-hydrogen) atoms. The maximum absolute atomic E-state index is 12.6. The average molecular weight is 828 g/mol. The van der Waals surface area contributed by atoms with Crippen LogP contribution in [0.2, 0.25) is 0 Å². The van der Waals surface area contributed by atoms with E-state index >= 15 is 0 Å². The summed E-state index contributed by atoms with van der Waals surface area (Å²) in [4.78, 5) is 45.9. The monoisotopic (exact) mass is 828 g/mol. The van der Waals surface area contributed by atoms with E-state index in [0.29, 0.717) is 19.3 Å². The number of esters is 2. The first-order valence-electron chi connectivity index (χ1n) is 21.7. The zero-order valence-corrected chi connectivity index (χ0v) is 36.2. The second-order valence-corrected chi connectivity index (χ2v) is 16.1. The number of rotatable bonds is 40. The summed E-state index contributed by atoms with van der Waals surface area (Å²) in [7, 11) is -4.74. The van der Waals surface area contributed by atoms with Crippen molar-refractivity contribution in [1.29, 1.82) is 0 Å². The number of carboxylic acid groups (broad SMARTS) is 1. The van der Waals surface area contributed by atoms with E-state index in [1.807, 2.05) is 19.1 Å². The summed E-state index contributed by atoms with van der Waals surface area (Å²) in [6.07, 6.45) is 39.8. The lowest BCUT2D eigenvalue weighted by Gasteiger charge is -2.20. The van der Waals surface area contributed by atoms with Gasteiger partial charge in [0.1, 0.15) is 12.6 Å². The van der Waals surface area contributed by atoms with Crippen LogP contribution < -0.4 is 5.73 Å². The minimum absolute atomic E-state index is 0.0723. The third-order valence-electron chi connectivity index (χ3n) is 9.24. The third-order valence-corrected chi connectivity index (χ3v) is 10.2. The maximum atomic E-state index is 12.6. The smallest absolute Gasteiger partial charge is 0.472 e. The number of aliphatic hydroxyl groups is 1. The van der Waals surface area contributed by atoms with E-state index in [1.54, 1.807) is 0 Å². The minimum Gasteiger partial charge on any atom is -0.480 e. The topological polar surface area (TPSA) is 192 Å². The summed E-state index contributed by atoms with van der Waals surface area (Å²) < 4.78 is 32.6. The number of phosphoric ester groups is 1.